The van der Waals surface area contributed by atoms with Crippen molar-refractivity contribution < 1.29 is 0 Å². The molecule has 88 valence electrons. The summed E-state index contributed by atoms with van der Waals surface area (Å²) in [6, 6.07) is 7.67. The van der Waals surface area contributed by atoms with Crippen molar-refractivity contribution in [1.82, 2.24) is 15.2 Å². The van der Waals surface area contributed by atoms with Gasteiger partial charge >= 0.3 is 0 Å². The maximum absolute atomic E-state index is 6.09. The molecule has 2 rings (SSSR count). The van der Waals surface area contributed by atoms with Crippen LogP contribution in [0.3, 0.4) is 0 Å². The maximum atomic E-state index is 6.09. The number of aromatic nitrogens is 3. The first kappa shape index (κ1) is 12.1. The van der Waals surface area contributed by atoms with Crippen LogP contribution in [0.25, 0.3) is 0 Å². The maximum Gasteiger partial charge on any atom is 0.244 e. The lowest BCUT2D eigenvalue weighted by Crippen LogP contribution is -2.18. The van der Waals surface area contributed by atoms with Crippen LogP contribution in [-0.2, 0) is 6.54 Å². The Labute approximate surface area is 109 Å². The van der Waals surface area contributed by atoms with Crippen LogP contribution >= 0.6 is 23.2 Å². The highest BCUT2D eigenvalue weighted by Crippen LogP contribution is 2.19. The van der Waals surface area contributed by atoms with Gasteiger partial charge in [-0.15, -0.1) is 5.10 Å². The quantitative estimate of drug-likeness (QED) is 0.859. The molecular formula is C11H10Cl2N4. The summed E-state index contributed by atoms with van der Waals surface area (Å²) in [5, 5.41) is 8.21. The van der Waals surface area contributed by atoms with Crippen molar-refractivity contribution >= 4 is 29.0 Å². The molecule has 0 fully saturated rings. The van der Waals surface area contributed by atoms with E-state index in [2.05, 4.69) is 15.2 Å². The molecule has 0 N–H and O–H groups in total. The number of hydrogen-bond acceptors (Lipinski definition) is 4. The van der Waals surface area contributed by atoms with Crippen molar-refractivity contribution in [3.63, 3.8) is 0 Å². The minimum atomic E-state index is 0.133. The third-order valence-corrected chi connectivity index (χ3v) is 2.81. The van der Waals surface area contributed by atoms with Crippen LogP contribution in [0, 0.1) is 0 Å². The van der Waals surface area contributed by atoms with Crippen LogP contribution in [0.2, 0.25) is 10.3 Å². The predicted octanol–water partition coefficient (Wildman–Crippen LogP) is 2.81. The molecule has 0 saturated carbocycles. The minimum absolute atomic E-state index is 0.133. The Hall–Kier alpha value is -1.39. The lowest BCUT2D eigenvalue weighted by Gasteiger charge is -2.18. The van der Waals surface area contributed by atoms with E-state index in [1.54, 1.807) is 6.20 Å². The second-order valence-electron chi connectivity index (χ2n) is 3.53. The fourth-order valence-corrected chi connectivity index (χ4v) is 1.75. The summed E-state index contributed by atoms with van der Waals surface area (Å²) in [6.45, 7) is 0.634. The predicted molar refractivity (Wildman–Crippen MR) is 68.4 cm³/mol. The third kappa shape index (κ3) is 3.05. The van der Waals surface area contributed by atoms with Crippen LogP contribution in [0.5, 0.6) is 0 Å². The first-order chi connectivity index (χ1) is 8.16. The summed E-state index contributed by atoms with van der Waals surface area (Å²) < 4.78 is 0. The van der Waals surface area contributed by atoms with Gasteiger partial charge in [0.15, 0.2) is 5.82 Å². The van der Waals surface area contributed by atoms with Gasteiger partial charge in [0.25, 0.3) is 0 Å². The van der Waals surface area contributed by atoms with E-state index in [0.717, 1.165) is 10.6 Å². The van der Waals surface area contributed by atoms with Gasteiger partial charge in [-0.05, 0) is 23.2 Å². The Morgan fingerprint density at radius 3 is 2.71 bits per heavy atom. The molecule has 0 bridgehead atoms. The molecule has 17 heavy (non-hydrogen) atoms. The molecule has 2 aromatic rings. The van der Waals surface area contributed by atoms with E-state index in [9.17, 15) is 0 Å². The lowest BCUT2D eigenvalue weighted by molar-refractivity contribution is 0.862. The molecule has 0 aliphatic carbocycles. The standard InChI is InChI=1S/C11H10Cl2N4/c1-17(10-6-14-16-11(13)15-10)7-8-4-2-3-5-9(8)12/h2-6H,7H2,1H3. The number of hydrogen-bond donors (Lipinski definition) is 0. The molecule has 0 amide bonds. The summed E-state index contributed by atoms with van der Waals surface area (Å²) in [4.78, 5) is 5.98. The fourth-order valence-electron chi connectivity index (χ4n) is 1.42. The molecule has 4 nitrogen and oxygen atoms in total. The summed E-state index contributed by atoms with van der Waals surface area (Å²) in [6.07, 6.45) is 1.56. The van der Waals surface area contributed by atoms with E-state index in [0.29, 0.717) is 12.4 Å². The van der Waals surface area contributed by atoms with E-state index in [4.69, 9.17) is 23.2 Å². The monoisotopic (exact) mass is 268 g/mol. The third-order valence-electron chi connectivity index (χ3n) is 2.28. The van der Waals surface area contributed by atoms with E-state index >= 15 is 0 Å². The summed E-state index contributed by atoms with van der Waals surface area (Å²) >= 11 is 11.8. The summed E-state index contributed by atoms with van der Waals surface area (Å²) in [5.41, 5.74) is 1.02. The molecule has 0 aliphatic heterocycles. The van der Waals surface area contributed by atoms with Crippen molar-refractivity contribution in [3.8, 4) is 0 Å². The van der Waals surface area contributed by atoms with E-state index in [1.165, 1.54) is 0 Å². The number of rotatable bonds is 3. The first-order valence-corrected chi connectivity index (χ1v) is 5.72. The van der Waals surface area contributed by atoms with E-state index in [-0.39, 0.29) is 5.28 Å². The van der Waals surface area contributed by atoms with Gasteiger partial charge in [0, 0.05) is 18.6 Å². The number of benzene rings is 1. The van der Waals surface area contributed by atoms with Gasteiger partial charge in [0.1, 0.15) is 0 Å². The highest BCUT2D eigenvalue weighted by Gasteiger charge is 2.07. The zero-order valence-electron chi connectivity index (χ0n) is 9.14. The van der Waals surface area contributed by atoms with Gasteiger partial charge in [-0.2, -0.15) is 10.1 Å². The highest BCUT2D eigenvalue weighted by molar-refractivity contribution is 6.31. The second kappa shape index (κ2) is 5.29. The van der Waals surface area contributed by atoms with Crippen molar-refractivity contribution in [2.45, 2.75) is 6.54 Å². The zero-order chi connectivity index (χ0) is 12.3. The Kier molecular flexibility index (Phi) is 3.76. The van der Waals surface area contributed by atoms with Gasteiger partial charge < -0.3 is 4.90 Å². The van der Waals surface area contributed by atoms with Crippen LogP contribution in [0.4, 0.5) is 5.82 Å². The molecule has 0 radical (unpaired) electrons. The molecule has 0 unspecified atom stereocenters. The van der Waals surface area contributed by atoms with Gasteiger partial charge in [0.05, 0.1) is 6.20 Å². The van der Waals surface area contributed by atoms with E-state index < -0.39 is 0 Å². The number of halogens is 2. The topological polar surface area (TPSA) is 41.9 Å². The van der Waals surface area contributed by atoms with Crippen molar-refractivity contribution in [1.29, 1.82) is 0 Å². The summed E-state index contributed by atoms with van der Waals surface area (Å²) in [7, 11) is 1.89. The SMILES string of the molecule is CN(Cc1ccccc1Cl)c1cnnc(Cl)n1. The zero-order valence-corrected chi connectivity index (χ0v) is 10.7. The molecule has 0 aliphatic rings. The van der Waals surface area contributed by atoms with Crippen molar-refractivity contribution in [2.24, 2.45) is 0 Å². The van der Waals surface area contributed by atoms with Crippen molar-refractivity contribution in [2.75, 3.05) is 11.9 Å². The first-order valence-electron chi connectivity index (χ1n) is 4.96. The second-order valence-corrected chi connectivity index (χ2v) is 4.28. The fraction of sp³-hybridized carbons (Fsp3) is 0.182. The molecule has 1 heterocycles. The highest BCUT2D eigenvalue weighted by atomic mass is 35.5. The molecular weight excluding hydrogens is 259 g/mol. The van der Waals surface area contributed by atoms with Gasteiger partial charge in [-0.1, -0.05) is 29.8 Å². The normalized spacial score (nSPS) is 10.3. The summed E-state index contributed by atoms with van der Waals surface area (Å²) in [5.74, 6) is 0.657. The van der Waals surface area contributed by atoms with E-state index in [1.807, 2.05) is 36.2 Å². The smallest absolute Gasteiger partial charge is 0.244 e. The van der Waals surface area contributed by atoms with Gasteiger partial charge in [0.2, 0.25) is 5.28 Å². The van der Waals surface area contributed by atoms with Gasteiger partial charge in [-0.3, -0.25) is 0 Å². The van der Waals surface area contributed by atoms with Crippen LogP contribution in [0.15, 0.2) is 30.5 Å². The molecule has 0 atom stereocenters. The number of nitrogens with zero attached hydrogens (tertiary/aromatic N) is 4. The van der Waals surface area contributed by atoms with Crippen LogP contribution < -0.4 is 4.90 Å². The molecule has 0 saturated heterocycles. The Balaban J connectivity index is 2.17. The minimum Gasteiger partial charge on any atom is -0.354 e. The van der Waals surface area contributed by atoms with Crippen LogP contribution in [-0.4, -0.2) is 22.2 Å². The molecule has 6 heteroatoms. The average Bonchev–Trinajstić information content (AvgIpc) is 2.32. The Morgan fingerprint density at radius 2 is 2.00 bits per heavy atom. The van der Waals surface area contributed by atoms with Crippen LogP contribution in [0.1, 0.15) is 5.56 Å². The van der Waals surface area contributed by atoms with Gasteiger partial charge in [-0.25, -0.2) is 0 Å². The molecule has 1 aromatic carbocycles. The molecule has 0 spiro atoms. The average molecular weight is 269 g/mol. The largest absolute Gasteiger partial charge is 0.354 e. The molecule has 1 aromatic heterocycles. The van der Waals surface area contributed by atoms with Crippen molar-refractivity contribution in [3.05, 3.63) is 46.3 Å². The Morgan fingerprint density at radius 1 is 1.24 bits per heavy atom. The Bertz CT molecular complexity index is 518. The lowest BCUT2D eigenvalue weighted by atomic mass is 10.2. The number of anilines is 1.